The molecular formula is C13H12N2O3. The van der Waals surface area contributed by atoms with Gasteiger partial charge in [-0.15, -0.1) is 0 Å². The highest BCUT2D eigenvalue weighted by Gasteiger charge is 2.23. The summed E-state index contributed by atoms with van der Waals surface area (Å²) in [5.74, 6) is 1.35. The number of aromatic amines is 1. The third-order valence-electron chi connectivity index (χ3n) is 3.14. The Hall–Kier alpha value is -2.30. The highest BCUT2D eigenvalue weighted by molar-refractivity contribution is 5.77. The molecule has 0 aliphatic heterocycles. The fraction of sp³-hybridized carbons (Fsp3) is 0.231. The number of fused-ring (bicyclic) bond motifs is 3. The number of hydrogen-bond donors (Lipinski definition) is 1. The van der Waals surface area contributed by atoms with Crippen molar-refractivity contribution in [3.05, 3.63) is 39.8 Å². The van der Waals surface area contributed by atoms with Gasteiger partial charge in [0.25, 0.3) is 5.56 Å². The fourth-order valence-corrected chi connectivity index (χ4v) is 2.30. The number of hydrogen-bond acceptors (Lipinski definition) is 4. The van der Waals surface area contributed by atoms with E-state index in [4.69, 9.17) is 9.47 Å². The van der Waals surface area contributed by atoms with Crippen molar-refractivity contribution < 1.29 is 9.47 Å². The van der Waals surface area contributed by atoms with Crippen molar-refractivity contribution in [2.24, 2.45) is 0 Å². The minimum Gasteiger partial charge on any atom is -0.493 e. The normalized spacial score (nSPS) is 11.9. The molecule has 5 heteroatoms. The van der Waals surface area contributed by atoms with E-state index in [2.05, 4.69) is 10.2 Å². The molecule has 0 fully saturated rings. The first-order valence-electron chi connectivity index (χ1n) is 5.57. The Kier molecular flexibility index (Phi) is 2.33. The van der Waals surface area contributed by atoms with E-state index in [1.54, 1.807) is 20.3 Å². The van der Waals surface area contributed by atoms with E-state index >= 15 is 0 Å². The highest BCUT2D eigenvalue weighted by Crippen LogP contribution is 2.41. The van der Waals surface area contributed by atoms with Gasteiger partial charge in [-0.3, -0.25) is 4.79 Å². The molecule has 92 valence electrons. The molecule has 0 bridgehead atoms. The molecule has 1 aromatic carbocycles. The van der Waals surface area contributed by atoms with Gasteiger partial charge in [0, 0.05) is 18.1 Å². The molecule has 0 radical (unpaired) electrons. The van der Waals surface area contributed by atoms with E-state index in [0.717, 1.165) is 22.4 Å². The summed E-state index contributed by atoms with van der Waals surface area (Å²) in [6.45, 7) is 0. The van der Waals surface area contributed by atoms with Crippen LogP contribution in [-0.4, -0.2) is 24.4 Å². The zero-order valence-corrected chi connectivity index (χ0v) is 10.1. The molecule has 1 heterocycles. The number of rotatable bonds is 2. The van der Waals surface area contributed by atoms with Crippen LogP contribution in [0, 0.1) is 0 Å². The SMILES string of the molecule is COc1cc2c(cc1OC)-c1cc(=O)[nH]nc1C2. The summed E-state index contributed by atoms with van der Waals surface area (Å²) in [5.41, 5.74) is 3.63. The summed E-state index contributed by atoms with van der Waals surface area (Å²) >= 11 is 0. The number of H-pyrrole nitrogens is 1. The Morgan fingerprint density at radius 3 is 2.56 bits per heavy atom. The average molecular weight is 244 g/mol. The molecule has 5 nitrogen and oxygen atoms in total. The molecule has 18 heavy (non-hydrogen) atoms. The maximum Gasteiger partial charge on any atom is 0.264 e. The zero-order chi connectivity index (χ0) is 12.7. The zero-order valence-electron chi connectivity index (χ0n) is 10.1. The van der Waals surface area contributed by atoms with Gasteiger partial charge in [-0.05, 0) is 23.3 Å². The number of ether oxygens (including phenoxy) is 2. The van der Waals surface area contributed by atoms with Gasteiger partial charge < -0.3 is 9.47 Å². The second kappa shape index (κ2) is 3.87. The predicted molar refractivity (Wildman–Crippen MR) is 66.2 cm³/mol. The third-order valence-corrected chi connectivity index (χ3v) is 3.14. The molecule has 1 N–H and O–H groups in total. The Balaban J connectivity index is 2.24. The van der Waals surface area contributed by atoms with Gasteiger partial charge in [0.15, 0.2) is 11.5 Å². The van der Waals surface area contributed by atoms with Crippen LogP contribution in [-0.2, 0) is 6.42 Å². The lowest BCUT2D eigenvalue weighted by molar-refractivity contribution is 0.355. The van der Waals surface area contributed by atoms with Gasteiger partial charge in [-0.1, -0.05) is 0 Å². The van der Waals surface area contributed by atoms with E-state index in [9.17, 15) is 4.79 Å². The van der Waals surface area contributed by atoms with Crippen molar-refractivity contribution in [3.63, 3.8) is 0 Å². The largest absolute Gasteiger partial charge is 0.493 e. The summed E-state index contributed by atoms with van der Waals surface area (Å²) in [5, 5.41) is 6.52. The lowest BCUT2D eigenvalue weighted by atomic mass is 10.1. The van der Waals surface area contributed by atoms with E-state index in [1.165, 1.54) is 0 Å². The van der Waals surface area contributed by atoms with Gasteiger partial charge in [0.05, 0.1) is 19.9 Å². The summed E-state index contributed by atoms with van der Waals surface area (Å²) in [4.78, 5) is 11.3. The molecule has 2 aromatic rings. The number of aromatic nitrogens is 2. The fourth-order valence-electron chi connectivity index (χ4n) is 2.30. The smallest absolute Gasteiger partial charge is 0.264 e. The molecule has 1 aromatic heterocycles. The first kappa shape index (κ1) is 10.8. The molecule has 0 unspecified atom stereocenters. The van der Waals surface area contributed by atoms with Gasteiger partial charge in [0.2, 0.25) is 0 Å². The summed E-state index contributed by atoms with van der Waals surface area (Å²) in [6.07, 6.45) is 0.696. The van der Waals surface area contributed by atoms with E-state index in [0.29, 0.717) is 17.9 Å². The topological polar surface area (TPSA) is 64.2 Å². The number of nitrogens with one attached hydrogen (secondary N) is 1. The van der Waals surface area contributed by atoms with Crippen LogP contribution >= 0.6 is 0 Å². The summed E-state index contributed by atoms with van der Waals surface area (Å²) in [7, 11) is 3.20. The van der Waals surface area contributed by atoms with Crippen molar-refractivity contribution >= 4 is 0 Å². The number of methoxy groups -OCH3 is 2. The number of nitrogens with zero attached hydrogens (tertiary/aromatic N) is 1. The standard InChI is InChI=1S/C13H12N2O3/c1-17-11-4-7-3-10-9(6-13(16)15-14-10)8(7)5-12(11)18-2/h4-6H,3H2,1-2H3,(H,15,16). The molecule has 1 aliphatic rings. The second-order valence-corrected chi connectivity index (χ2v) is 4.13. The lowest BCUT2D eigenvalue weighted by Gasteiger charge is -2.10. The lowest BCUT2D eigenvalue weighted by Crippen LogP contribution is -2.07. The van der Waals surface area contributed by atoms with Crippen LogP contribution in [0.1, 0.15) is 11.3 Å². The van der Waals surface area contributed by atoms with Crippen molar-refractivity contribution in [2.45, 2.75) is 6.42 Å². The van der Waals surface area contributed by atoms with Crippen molar-refractivity contribution in [1.82, 2.24) is 10.2 Å². The van der Waals surface area contributed by atoms with Crippen LogP contribution in [0.15, 0.2) is 23.0 Å². The summed E-state index contributed by atoms with van der Waals surface area (Å²) < 4.78 is 10.5. The van der Waals surface area contributed by atoms with Crippen LogP contribution in [0.2, 0.25) is 0 Å². The van der Waals surface area contributed by atoms with Crippen LogP contribution in [0.25, 0.3) is 11.1 Å². The van der Waals surface area contributed by atoms with Crippen LogP contribution < -0.4 is 15.0 Å². The maximum absolute atomic E-state index is 11.3. The monoisotopic (exact) mass is 244 g/mol. The summed E-state index contributed by atoms with van der Waals surface area (Å²) in [6, 6.07) is 5.39. The Morgan fingerprint density at radius 1 is 1.11 bits per heavy atom. The minimum atomic E-state index is -0.198. The highest BCUT2D eigenvalue weighted by atomic mass is 16.5. The van der Waals surface area contributed by atoms with E-state index in [1.807, 2.05) is 12.1 Å². The van der Waals surface area contributed by atoms with Crippen LogP contribution in [0.4, 0.5) is 0 Å². The molecule has 0 saturated heterocycles. The molecular weight excluding hydrogens is 232 g/mol. The van der Waals surface area contributed by atoms with E-state index in [-0.39, 0.29) is 5.56 Å². The maximum atomic E-state index is 11.3. The molecule has 0 atom stereocenters. The predicted octanol–water partition coefficient (Wildman–Crippen LogP) is 1.36. The Labute approximate surface area is 103 Å². The Morgan fingerprint density at radius 2 is 1.83 bits per heavy atom. The van der Waals surface area contributed by atoms with Crippen molar-refractivity contribution in [2.75, 3.05) is 14.2 Å². The Bertz CT molecular complexity index is 676. The van der Waals surface area contributed by atoms with Gasteiger partial charge in [-0.25, -0.2) is 5.10 Å². The molecule has 0 spiro atoms. The minimum absolute atomic E-state index is 0.198. The first-order chi connectivity index (χ1) is 8.72. The first-order valence-corrected chi connectivity index (χ1v) is 5.57. The molecule has 1 aliphatic carbocycles. The van der Waals surface area contributed by atoms with Gasteiger partial charge in [-0.2, -0.15) is 5.10 Å². The molecule has 3 rings (SSSR count). The van der Waals surface area contributed by atoms with Crippen molar-refractivity contribution in [3.8, 4) is 22.6 Å². The van der Waals surface area contributed by atoms with Crippen molar-refractivity contribution in [1.29, 1.82) is 0 Å². The van der Waals surface area contributed by atoms with Gasteiger partial charge in [0.1, 0.15) is 0 Å². The van der Waals surface area contributed by atoms with Crippen LogP contribution in [0.5, 0.6) is 11.5 Å². The number of benzene rings is 1. The second-order valence-electron chi connectivity index (χ2n) is 4.13. The molecule has 0 amide bonds. The quantitative estimate of drug-likeness (QED) is 0.739. The third kappa shape index (κ3) is 1.48. The molecule has 0 saturated carbocycles. The van der Waals surface area contributed by atoms with Gasteiger partial charge >= 0.3 is 0 Å². The average Bonchev–Trinajstić information content (AvgIpc) is 2.74. The van der Waals surface area contributed by atoms with E-state index < -0.39 is 0 Å². The van der Waals surface area contributed by atoms with Crippen LogP contribution in [0.3, 0.4) is 0 Å².